The fourth-order valence-electron chi connectivity index (χ4n) is 1.26. The van der Waals surface area contributed by atoms with Crippen molar-refractivity contribution in [1.82, 2.24) is 0 Å². The molecule has 102 valence electrons. The van der Waals surface area contributed by atoms with Gasteiger partial charge in [-0.05, 0) is 0 Å². The number of aliphatic carboxylic acids is 2. The first-order valence-electron chi connectivity index (χ1n) is 6.27. The molecule has 0 fully saturated rings. The molecule has 0 bridgehead atoms. The third-order valence-electron chi connectivity index (χ3n) is 2.16. The predicted octanol–water partition coefficient (Wildman–Crippen LogP) is 0.511. The van der Waals surface area contributed by atoms with Crippen molar-refractivity contribution in [3.05, 3.63) is 6.92 Å². The second-order valence-corrected chi connectivity index (χ2v) is 3.94. The molecule has 0 aromatic heterocycles. The van der Waals surface area contributed by atoms with E-state index < -0.39 is 18.4 Å². The van der Waals surface area contributed by atoms with E-state index in [9.17, 15) is 9.59 Å². The molecule has 0 aliphatic heterocycles. The van der Waals surface area contributed by atoms with Gasteiger partial charge in [-0.15, -0.1) is 0 Å². The van der Waals surface area contributed by atoms with E-state index in [4.69, 9.17) is 10.2 Å². The van der Waals surface area contributed by atoms with E-state index in [1.165, 1.54) is 44.9 Å². The average molecular weight is 268 g/mol. The van der Waals surface area contributed by atoms with E-state index in [0.717, 1.165) is 6.42 Å². The van der Waals surface area contributed by atoms with Crippen molar-refractivity contribution in [2.45, 2.75) is 64.7 Å². The number of hydrogen-bond acceptors (Lipinski definition) is 2. The minimum absolute atomic E-state index is 0. The van der Waals surface area contributed by atoms with Crippen LogP contribution in [0.2, 0.25) is 0 Å². The molecule has 0 rings (SSSR count). The summed E-state index contributed by atoms with van der Waals surface area (Å²) in [7, 11) is 0. The number of hydrogen-bond donors (Lipinski definition) is 2. The maximum atomic E-state index is 9.43. The molecule has 0 heterocycles. The standard InChI is InChI=1S/C10H21.C3H4O4.Na/c1-3-5-7-9-10-8-6-4-2;4-2(5)1-3(6)7;/h1,3-10H2,2H3;1H2,(H,4,5)(H,6,7);/q-1;;+1. The fraction of sp³-hybridized carbons (Fsp3) is 0.769. The molecule has 0 spiro atoms. The van der Waals surface area contributed by atoms with Crippen LogP contribution in [0, 0.1) is 6.92 Å². The van der Waals surface area contributed by atoms with Gasteiger partial charge in [-0.1, -0.05) is 51.9 Å². The van der Waals surface area contributed by atoms with Gasteiger partial charge in [0.1, 0.15) is 6.42 Å². The molecule has 5 heteroatoms. The Balaban J connectivity index is -0.000000251. The van der Waals surface area contributed by atoms with Crippen LogP contribution in [0.1, 0.15) is 64.7 Å². The third kappa shape index (κ3) is 29.7. The van der Waals surface area contributed by atoms with Crippen LogP contribution in [0.4, 0.5) is 0 Å². The molecule has 0 amide bonds. The Hall–Kier alpha value is -0.0600. The van der Waals surface area contributed by atoms with Gasteiger partial charge in [-0.25, -0.2) is 0 Å². The largest absolute Gasteiger partial charge is 1.00 e. The normalized spacial score (nSPS) is 8.78. The monoisotopic (exact) mass is 268 g/mol. The van der Waals surface area contributed by atoms with Crippen LogP contribution in [0.15, 0.2) is 0 Å². The quantitative estimate of drug-likeness (QED) is 0.276. The summed E-state index contributed by atoms with van der Waals surface area (Å²) in [5.74, 6) is -2.62. The molecule has 0 aromatic carbocycles. The minimum atomic E-state index is -1.31. The molecule has 0 aliphatic carbocycles. The Morgan fingerprint density at radius 1 is 0.889 bits per heavy atom. The molecule has 4 nitrogen and oxygen atoms in total. The van der Waals surface area contributed by atoms with Crippen LogP contribution in [0.3, 0.4) is 0 Å². The van der Waals surface area contributed by atoms with E-state index in [1.807, 2.05) is 0 Å². The summed E-state index contributed by atoms with van der Waals surface area (Å²) in [6, 6.07) is 0. The Kier molecular flexibility index (Phi) is 24.7. The number of carboxylic acids is 2. The zero-order valence-corrected chi connectivity index (χ0v) is 13.8. The van der Waals surface area contributed by atoms with Crippen molar-refractivity contribution >= 4 is 11.9 Å². The van der Waals surface area contributed by atoms with Gasteiger partial charge < -0.3 is 17.1 Å². The fourth-order valence-corrected chi connectivity index (χ4v) is 1.26. The van der Waals surface area contributed by atoms with E-state index in [-0.39, 0.29) is 29.6 Å². The first kappa shape index (κ1) is 23.1. The summed E-state index contributed by atoms with van der Waals surface area (Å²) >= 11 is 0. The van der Waals surface area contributed by atoms with Gasteiger partial charge >= 0.3 is 41.5 Å². The number of rotatable bonds is 9. The van der Waals surface area contributed by atoms with Crippen LogP contribution in [0.25, 0.3) is 0 Å². The first-order valence-corrected chi connectivity index (χ1v) is 6.27. The van der Waals surface area contributed by atoms with Gasteiger partial charge in [0.25, 0.3) is 0 Å². The summed E-state index contributed by atoms with van der Waals surface area (Å²) < 4.78 is 0. The zero-order chi connectivity index (χ0) is 13.5. The topological polar surface area (TPSA) is 74.6 Å². The van der Waals surface area contributed by atoms with Gasteiger partial charge in [-0.2, -0.15) is 6.42 Å². The molecule has 2 N–H and O–H groups in total. The SMILES string of the molecule is O=C(O)CC(=O)O.[CH2-]CCCCCCCCC.[Na+]. The van der Waals surface area contributed by atoms with E-state index in [2.05, 4.69) is 13.8 Å². The summed E-state index contributed by atoms with van der Waals surface area (Å²) in [5.41, 5.74) is 0. The maximum absolute atomic E-state index is 9.43. The summed E-state index contributed by atoms with van der Waals surface area (Å²) in [6.45, 7) is 6.08. The second-order valence-electron chi connectivity index (χ2n) is 3.94. The number of unbranched alkanes of at least 4 members (excludes halogenated alkanes) is 7. The van der Waals surface area contributed by atoms with Crippen LogP contribution < -0.4 is 29.6 Å². The summed E-state index contributed by atoms with van der Waals surface area (Å²) in [4.78, 5) is 18.9. The smallest absolute Gasteiger partial charge is 0.481 e. The Morgan fingerprint density at radius 3 is 1.56 bits per heavy atom. The number of carbonyl (C=O) groups is 2. The van der Waals surface area contributed by atoms with Gasteiger partial charge in [0.15, 0.2) is 0 Å². The van der Waals surface area contributed by atoms with Crippen LogP contribution in [0.5, 0.6) is 0 Å². The molecule has 0 saturated heterocycles. The maximum Gasteiger partial charge on any atom is 1.00 e. The molecule has 0 unspecified atom stereocenters. The van der Waals surface area contributed by atoms with Crippen molar-refractivity contribution in [3.8, 4) is 0 Å². The molecule has 0 aromatic rings. The molecule has 0 radical (unpaired) electrons. The predicted molar refractivity (Wildman–Crippen MR) is 67.9 cm³/mol. The minimum Gasteiger partial charge on any atom is -0.481 e. The molecule has 0 aliphatic rings. The van der Waals surface area contributed by atoms with Gasteiger partial charge in [0, 0.05) is 0 Å². The van der Waals surface area contributed by atoms with Crippen molar-refractivity contribution in [2.75, 3.05) is 0 Å². The van der Waals surface area contributed by atoms with Gasteiger partial charge in [0.2, 0.25) is 0 Å². The van der Waals surface area contributed by atoms with Crippen molar-refractivity contribution in [3.63, 3.8) is 0 Å². The Bertz CT molecular complexity index is 175. The van der Waals surface area contributed by atoms with Crippen LogP contribution in [-0.2, 0) is 9.59 Å². The van der Waals surface area contributed by atoms with Gasteiger partial charge in [-0.3, -0.25) is 9.59 Å². The second kappa shape index (κ2) is 19.3. The Labute approximate surface area is 132 Å². The van der Waals surface area contributed by atoms with Crippen LogP contribution in [-0.4, -0.2) is 22.2 Å². The molecule has 0 atom stereocenters. The van der Waals surface area contributed by atoms with Crippen LogP contribution >= 0.6 is 0 Å². The third-order valence-corrected chi connectivity index (χ3v) is 2.16. The number of carboxylic acid groups (broad SMARTS) is 2. The molecule has 0 saturated carbocycles. The van der Waals surface area contributed by atoms with E-state index in [0.29, 0.717) is 0 Å². The van der Waals surface area contributed by atoms with E-state index in [1.54, 1.807) is 0 Å². The Morgan fingerprint density at radius 2 is 1.28 bits per heavy atom. The summed E-state index contributed by atoms with van der Waals surface area (Å²) in [5, 5.41) is 15.4. The van der Waals surface area contributed by atoms with Crippen molar-refractivity contribution < 1.29 is 49.4 Å². The van der Waals surface area contributed by atoms with Crippen molar-refractivity contribution in [2.24, 2.45) is 0 Å². The average Bonchev–Trinajstić information content (AvgIpc) is 2.22. The summed E-state index contributed by atoms with van der Waals surface area (Å²) in [6.07, 6.45) is 10.1. The van der Waals surface area contributed by atoms with Crippen molar-refractivity contribution in [1.29, 1.82) is 0 Å². The van der Waals surface area contributed by atoms with E-state index >= 15 is 0 Å². The zero-order valence-electron chi connectivity index (χ0n) is 11.8. The molecular formula is C13H25NaO4. The first-order chi connectivity index (χ1) is 8.04. The molecule has 18 heavy (non-hydrogen) atoms. The molecular weight excluding hydrogens is 243 g/mol. The van der Waals surface area contributed by atoms with Gasteiger partial charge in [0.05, 0.1) is 0 Å².